The first-order valence-corrected chi connectivity index (χ1v) is 13.9. The largest absolute Gasteiger partial charge is 0.465 e. The molecular weight excluding hydrogens is 576 g/mol. The van der Waals surface area contributed by atoms with Crippen LogP contribution in [-0.4, -0.2) is 74.0 Å². The molecule has 0 saturated carbocycles. The fourth-order valence-electron chi connectivity index (χ4n) is 3.61. The van der Waals surface area contributed by atoms with Gasteiger partial charge in [-0.05, 0) is 45.7 Å². The third kappa shape index (κ3) is 11.3. The van der Waals surface area contributed by atoms with Crippen LogP contribution >= 0.6 is 0 Å². The summed E-state index contributed by atoms with van der Waals surface area (Å²) in [5.41, 5.74) is -2.29. The number of rotatable bonds is 11. The molecule has 0 atom stereocenters. The standard InChI is InChI=1S/C14H18O5.C14H18O4.C4H6O3/c1-3-18-12(16)14(10-15,13(17)19-4-2)11-8-6-5-7-9-11;1-4-17-12(15)14(3,13(16)18-5-2)11-9-7-6-8-10-11;1-3(5)7-4(2)6/h5-9,15H,3-4,10H2,1-2H3;6-10H,4-5H2,1-3H3;1-2H3. The molecule has 2 rings (SSSR count). The molecule has 0 aliphatic carbocycles. The lowest BCUT2D eigenvalue weighted by atomic mass is 9.81. The third-order valence-corrected chi connectivity index (χ3v) is 5.76. The molecule has 0 aromatic heterocycles. The average molecular weight is 619 g/mol. The lowest BCUT2D eigenvalue weighted by Crippen LogP contribution is -2.49. The molecule has 44 heavy (non-hydrogen) atoms. The van der Waals surface area contributed by atoms with Crippen LogP contribution in [0.5, 0.6) is 0 Å². The van der Waals surface area contributed by atoms with Crippen LogP contribution in [-0.2, 0) is 63.3 Å². The van der Waals surface area contributed by atoms with Gasteiger partial charge in [-0.15, -0.1) is 0 Å². The van der Waals surface area contributed by atoms with E-state index in [0.29, 0.717) is 11.1 Å². The van der Waals surface area contributed by atoms with E-state index in [-0.39, 0.29) is 26.4 Å². The second-order valence-corrected chi connectivity index (χ2v) is 8.89. The van der Waals surface area contributed by atoms with Crippen molar-refractivity contribution in [3.8, 4) is 0 Å². The number of hydrogen-bond acceptors (Lipinski definition) is 12. The van der Waals surface area contributed by atoms with E-state index >= 15 is 0 Å². The van der Waals surface area contributed by atoms with Crippen molar-refractivity contribution < 1.29 is 57.6 Å². The van der Waals surface area contributed by atoms with E-state index in [9.17, 15) is 33.9 Å². The molecule has 1 N–H and O–H groups in total. The number of carbonyl (C=O) groups excluding carboxylic acids is 6. The second-order valence-electron chi connectivity index (χ2n) is 8.89. The Morgan fingerprint density at radius 1 is 0.568 bits per heavy atom. The molecule has 2 aromatic rings. The lowest BCUT2D eigenvalue weighted by Gasteiger charge is -2.27. The minimum atomic E-state index is -1.81. The zero-order valence-electron chi connectivity index (χ0n) is 26.2. The van der Waals surface area contributed by atoms with Crippen molar-refractivity contribution in [3.05, 3.63) is 71.8 Å². The number of hydrogen-bond donors (Lipinski definition) is 1. The smallest absolute Gasteiger partial charge is 0.330 e. The molecule has 242 valence electrons. The summed E-state index contributed by atoms with van der Waals surface area (Å²) >= 11 is 0. The fraction of sp³-hybridized carbons (Fsp3) is 0.438. The minimum Gasteiger partial charge on any atom is -0.465 e. The average Bonchev–Trinajstić information content (AvgIpc) is 2.99. The SMILES string of the molecule is CC(=O)OC(C)=O.CCOC(=O)C(C)(C(=O)OCC)c1ccccc1.CCOC(=O)C(CO)(C(=O)OCC)c1ccccc1. The van der Waals surface area contributed by atoms with Crippen molar-refractivity contribution in [1.29, 1.82) is 0 Å². The van der Waals surface area contributed by atoms with Gasteiger partial charge in [-0.2, -0.15) is 0 Å². The van der Waals surface area contributed by atoms with Crippen molar-refractivity contribution in [3.63, 3.8) is 0 Å². The van der Waals surface area contributed by atoms with Gasteiger partial charge >= 0.3 is 35.8 Å². The molecule has 12 nitrogen and oxygen atoms in total. The van der Waals surface area contributed by atoms with E-state index in [4.69, 9.17) is 18.9 Å². The van der Waals surface area contributed by atoms with Gasteiger partial charge in [0.15, 0.2) is 5.41 Å². The van der Waals surface area contributed by atoms with Gasteiger partial charge in [0.2, 0.25) is 5.41 Å². The highest BCUT2D eigenvalue weighted by Gasteiger charge is 2.50. The Labute approximate surface area is 257 Å². The Morgan fingerprint density at radius 3 is 1.16 bits per heavy atom. The number of aliphatic hydroxyl groups is 1. The lowest BCUT2D eigenvalue weighted by molar-refractivity contribution is -0.168. The molecule has 0 aliphatic rings. The predicted molar refractivity (Wildman–Crippen MR) is 158 cm³/mol. The highest BCUT2D eigenvalue weighted by molar-refractivity contribution is 6.07. The molecular formula is C32H42O12. The molecule has 12 heteroatoms. The van der Waals surface area contributed by atoms with Crippen LogP contribution in [0.3, 0.4) is 0 Å². The van der Waals surface area contributed by atoms with Gasteiger partial charge in [0.1, 0.15) is 0 Å². The summed E-state index contributed by atoms with van der Waals surface area (Å²) in [5.74, 6) is -3.91. The van der Waals surface area contributed by atoms with Gasteiger partial charge in [0.05, 0.1) is 33.0 Å². The zero-order chi connectivity index (χ0) is 33.8. The van der Waals surface area contributed by atoms with Crippen LogP contribution in [0.15, 0.2) is 60.7 Å². The molecule has 0 radical (unpaired) electrons. The summed E-state index contributed by atoms with van der Waals surface area (Å²) in [7, 11) is 0. The number of benzene rings is 2. The fourth-order valence-corrected chi connectivity index (χ4v) is 3.61. The molecule has 0 heterocycles. The highest BCUT2D eigenvalue weighted by atomic mass is 16.6. The van der Waals surface area contributed by atoms with E-state index in [0.717, 1.165) is 0 Å². The molecule has 0 spiro atoms. The van der Waals surface area contributed by atoms with Gasteiger partial charge in [-0.3, -0.25) is 28.8 Å². The van der Waals surface area contributed by atoms with Crippen LogP contribution in [0.25, 0.3) is 0 Å². The van der Waals surface area contributed by atoms with Gasteiger partial charge in [-0.25, -0.2) is 0 Å². The maximum absolute atomic E-state index is 12.1. The van der Waals surface area contributed by atoms with Crippen molar-refractivity contribution in [2.45, 2.75) is 59.3 Å². The maximum Gasteiger partial charge on any atom is 0.330 e. The maximum atomic E-state index is 12.1. The van der Waals surface area contributed by atoms with Gasteiger partial charge in [-0.1, -0.05) is 60.7 Å². The van der Waals surface area contributed by atoms with E-state index in [1.54, 1.807) is 82.3 Å². The highest BCUT2D eigenvalue weighted by Crippen LogP contribution is 2.28. The molecule has 0 aliphatic heterocycles. The van der Waals surface area contributed by atoms with Crippen LogP contribution in [0.2, 0.25) is 0 Å². The Morgan fingerprint density at radius 2 is 0.886 bits per heavy atom. The predicted octanol–water partition coefficient (Wildman–Crippen LogP) is 3.21. The first-order chi connectivity index (χ1) is 20.8. The third-order valence-electron chi connectivity index (χ3n) is 5.76. The number of ether oxygens (including phenoxy) is 5. The molecule has 2 aromatic carbocycles. The van der Waals surface area contributed by atoms with Crippen molar-refractivity contribution in [2.75, 3.05) is 33.0 Å². The monoisotopic (exact) mass is 618 g/mol. The number of carbonyl (C=O) groups is 6. The topological polar surface area (TPSA) is 169 Å². The van der Waals surface area contributed by atoms with Crippen LogP contribution in [0.1, 0.15) is 59.6 Å². The molecule has 0 unspecified atom stereocenters. The van der Waals surface area contributed by atoms with Crippen molar-refractivity contribution >= 4 is 35.8 Å². The Hall–Kier alpha value is -4.58. The van der Waals surface area contributed by atoms with Crippen LogP contribution < -0.4 is 0 Å². The normalized spacial score (nSPS) is 10.4. The van der Waals surface area contributed by atoms with E-state index in [2.05, 4.69) is 4.74 Å². The van der Waals surface area contributed by atoms with E-state index in [1.807, 2.05) is 6.07 Å². The van der Waals surface area contributed by atoms with Crippen molar-refractivity contribution in [2.24, 2.45) is 0 Å². The van der Waals surface area contributed by atoms with Gasteiger partial charge < -0.3 is 28.8 Å². The summed E-state index contributed by atoms with van der Waals surface area (Å²) in [6.07, 6.45) is 0. The number of aliphatic hydroxyl groups excluding tert-OH is 1. The van der Waals surface area contributed by atoms with E-state index in [1.165, 1.54) is 20.8 Å². The Kier molecular flexibility index (Phi) is 18.2. The van der Waals surface area contributed by atoms with Crippen molar-refractivity contribution in [1.82, 2.24) is 0 Å². The quantitative estimate of drug-likeness (QED) is 0.222. The van der Waals surface area contributed by atoms with Gasteiger partial charge in [0, 0.05) is 13.8 Å². The molecule has 0 saturated heterocycles. The summed E-state index contributed by atoms with van der Waals surface area (Å²) < 4.78 is 23.8. The van der Waals surface area contributed by atoms with E-state index < -0.39 is 53.3 Å². The summed E-state index contributed by atoms with van der Waals surface area (Å²) in [6, 6.07) is 17.1. The summed E-state index contributed by atoms with van der Waals surface area (Å²) in [6.45, 7) is 10.5. The Bertz CT molecular complexity index is 1160. The first-order valence-electron chi connectivity index (χ1n) is 13.9. The summed E-state index contributed by atoms with van der Waals surface area (Å²) in [5, 5.41) is 9.62. The zero-order valence-corrected chi connectivity index (χ0v) is 26.2. The first kappa shape index (κ1) is 39.4. The molecule has 0 bridgehead atoms. The molecule has 0 fully saturated rings. The minimum absolute atomic E-state index is 0.118. The Balaban J connectivity index is 0.000000694. The number of esters is 6. The summed E-state index contributed by atoms with van der Waals surface area (Å²) in [4.78, 5) is 68.0. The molecule has 0 amide bonds. The van der Waals surface area contributed by atoms with Crippen LogP contribution in [0.4, 0.5) is 0 Å². The second kappa shape index (κ2) is 20.3. The van der Waals surface area contributed by atoms with Gasteiger partial charge in [0.25, 0.3) is 0 Å². The van der Waals surface area contributed by atoms with Crippen LogP contribution in [0, 0.1) is 0 Å².